The normalized spacial score (nSPS) is 15.4. The number of ether oxygens (including phenoxy) is 1. The van der Waals surface area contributed by atoms with Gasteiger partial charge in [0, 0.05) is 38.3 Å². The third kappa shape index (κ3) is 6.78. The first kappa shape index (κ1) is 28.7. The summed E-state index contributed by atoms with van der Waals surface area (Å²) in [7, 11) is -4.81. The zero-order valence-corrected chi connectivity index (χ0v) is 22.4. The zero-order valence-electron chi connectivity index (χ0n) is 20.0. The monoisotopic (exact) mass is 532 g/mol. The molecule has 1 N–H and O–H groups in total. The molecule has 0 saturated heterocycles. The minimum atomic E-state index is -3.97. The van der Waals surface area contributed by atoms with E-state index in [0.717, 1.165) is 5.56 Å². The van der Waals surface area contributed by atoms with Crippen LogP contribution in [0, 0.1) is 12.8 Å². The second-order valence-corrected chi connectivity index (χ2v) is 12.8. The zero-order chi connectivity index (χ0) is 25.7. The lowest BCUT2D eigenvalue weighted by molar-refractivity contribution is 0.0360. The van der Waals surface area contributed by atoms with E-state index in [1.54, 1.807) is 50.2 Å². The largest absolute Gasteiger partial charge is 0.395 e. The molecular weight excluding hydrogens is 500 g/mol. The fourth-order valence-electron chi connectivity index (χ4n) is 3.50. The fourth-order valence-corrected chi connectivity index (χ4v) is 6.71. The Morgan fingerprint density at radius 1 is 0.971 bits per heavy atom. The van der Waals surface area contributed by atoms with Crippen molar-refractivity contribution in [3.8, 4) is 0 Å². The van der Waals surface area contributed by atoms with E-state index in [1.807, 2.05) is 6.92 Å². The Labute approximate surface area is 208 Å². The van der Waals surface area contributed by atoms with Crippen molar-refractivity contribution in [1.29, 1.82) is 0 Å². The van der Waals surface area contributed by atoms with Crippen molar-refractivity contribution < 1.29 is 26.7 Å². The molecule has 0 fully saturated rings. The van der Waals surface area contributed by atoms with E-state index < -0.39 is 38.1 Å². The van der Waals surface area contributed by atoms with Crippen LogP contribution >= 0.6 is 11.6 Å². The van der Waals surface area contributed by atoms with E-state index in [1.165, 1.54) is 34.9 Å². The van der Waals surface area contributed by atoms with Gasteiger partial charge in [0.25, 0.3) is 0 Å². The molecule has 2 aromatic rings. The van der Waals surface area contributed by atoms with Crippen molar-refractivity contribution in [1.82, 2.24) is 8.61 Å². The van der Waals surface area contributed by atoms with Crippen LogP contribution in [0.25, 0.3) is 0 Å². The molecule has 0 aromatic heterocycles. The number of benzene rings is 2. The van der Waals surface area contributed by atoms with E-state index >= 15 is 0 Å². The summed E-state index contributed by atoms with van der Waals surface area (Å²) in [6.45, 7) is 4.90. The molecule has 3 atom stereocenters. The van der Waals surface area contributed by atoms with Crippen molar-refractivity contribution >= 4 is 31.6 Å². The van der Waals surface area contributed by atoms with Crippen LogP contribution < -0.4 is 0 Å². The average molecular weight is 533 g/mol. The number of sulfonamides is 2. The Morgan fingerprint density at radius 2 is 1.59 bits per heavy atom. The lowest BCUT2D eigenvalue weighted by atomic mass is 10.0. The first-order chi connectivity index (χ1) is 15.8. The molecule has 0 aliphatic heterocycles. The number of likely N-dealkylation sites (N-methyl/N-ethyl adjacent to an activating group) is 1. The molecule has 11 heteroatoms. The number of aliphatic hydroxyl groups excluding tert-OH is 1. The van der Waals surface area contributed by atoms with Crippen LogP contribution in [0.3, 0.4) is 0 Å². The standard InChI is InChI=1S/C23H33ClN2O6S2/c1-17-9-11-21(12-10-17)33(28,29)25(4)15-23(32-5)18(2)14-26(19(3)16-27)34(30,31)22-8-6-7-20(24)13-22/h6-13,18-19,23,27H,14-16H2,1-5H3/t18-,19+,23+/m0/s1. The predicted molar refractivity (Wildman–Crippen MR) is 133 cm³/mol. The highest BCUT2D eigenvalue weighted by Crippen LogP contribution is 2.25. The molecule has 8 nitrogen and oxygen atoms in total. The molecule has 0 aliphatic carbocycles. The van der Waals surface area contributed by atoms with Crippen LogP contribution in [-0.4, -0.2) is 76.6 Å². The minimum Gasteiger partial charge on any atom is -0.395 e. The number of hydrogen-bond donors (Lipinski definition) is 1. The Hall–Kier alpha value is -1.53. The molecule has 2 aromatic carbocycles. The van der Waals surface area contributed by atoms with Crippen LogP contribution in [0.15, 0.2) is 58.3 Å². The second-order valence-electron chi connectivity index (χ2n) is 8.41. The van der Waals surface area contributed by atoms with Gasteiger partial charge >= 0.3 is 0 Å². The predicted octanol–water partition coefficient (Wildman–Crippen LogP) is 2.99. The van der Waals surface area contributed by atoms with E-state index in [4.69, 9.17) is 16.3 Å². The lowest BCUT2D eigenvalue weighted by Crippen LogP contribution is -2.47. The summed E-state index contributed by atoms with van der Waals surface area (Å²) in [5.74, 6) is -0.399. The van der Waals surface area contributed by atoms with Crippen LogP contribution in [0.5, 0.6) is 0 Å². The first-order valence-corrected chi connectivity index (χ1v) is 14.0. The van der Waals surface area contributed by atoms with Crippen molar-refractivity contribution in [2.45, 2.75) is 42.7 Å². The van der Waals surface area contributed by atoms with Crippen LogP contribution in [0.4, 0.5) is 0 Å². The summed E-state index contributed by atoms with van der Waals surface area (Å²) >= 11 is 5.99. The van der Waals surface area contributed by atoms with Gasteiger partial charge in [0.1, 0.15) is 0 Å². The molecule has 190 valence electrons. The molecule has 34 heavy (non-hydrogen) atoms. The summed E-state index contributed by atoms with van der Waals surface area (Å²) < 4.78 is 60.6. The number of halogens is 1. The van der Waals surface area contributed by atoms with Crippen molar-refractivity contribution in [2.24, 2.45) is 5.92 Å². The third-order valence-corrected chi connectivity index (χ3v) is 9.78. The van der Waals surface area contributed by atoms with Crippen LogP contribution in [-0.2, 0) is 24.8 Å². The van der Waals surface area contributed by atoms with Gasteiger partial charge in [-0.3, -0.25) is 0 Å². The van der Waals surface area contributed by atoms with Gasteiger partial charge in [-0.2, -0.15) is 8.61 Å². The molecule has 0 spiro atoms. The first-order valence-electron chi connectivity index (χ1n) is 10.8. The summed E-state index contributed by atoms with van der Waals surface area (Å²) in [4.78, 5) is 0.183. The quantitative estimate of drug-likeness (QED) is 0.450. The average Bonchev–Trinajstić information content (AvgIpc) is 2.80. The maximum Gasteiger partial charge on any atom is 0.243 e. The summed E-state index contributed by atoms with van der Waals surface area (Å²) in [5, 5.41) is 10.0. The number of aryl methyl sites for hydroxylation is 1. The van der Waals surface area contributed by atoms with Gasteiger partial charge in [-0.25, -0.2) is 16.8 Å². The highest BCUT2D eigenvalue weighted by atomic mass is 35.5. The van der Waals surface area contributed by atoms with Gasteiger partial charge in [0.15, 0.2) is 0 Å². The number of aliphatic hydroxyl groups is 1. The summed E-state index contributed by atoms with van der Waals surface area (Å²) in [5.41, 5.74) is 0.948. The molecule has 0 saturated carbocycles. The molecule has 0 aliphatic rings. The van der Waals surface area contributed by atoms with E-state index in [2.05, 4.69) is 0 Å². The van der Waals surface area contributed by atoms with Gasteiger partial charge in [0.05, 0.1) is 22.5 Å². The maximum atomic E-state index is 13.3. The van der Waals surface area contributed by atoms with E-state index in [-0.39, 0.29) is 34.5 Å². The number of nitrogens with zero attached hydrogens (tertiary/aromatic N) is 2. The number of hydrogen-bond acceptors (Lipinski definition) is 6. The van der Waals surface area contributed by atoms with Gasteiger partial charge in [0.2, 0.25) is 20.0 Å². The molecule has 0 amide bonds. The van der Waals surface area contributed by atoms with E-state index in [9.17, 15) is 21.9 Å². The molecule has 0 bridgehead atoms. The SMILES string of the molecule is CO[C@H](CN(C)S(=O)(=O)c1ccc(C)cc1)[C@@H](C)CN([C@H](C)CO)S(=O)(=O)c1cccc(Cl)c1. The Balaban J connectivity index is 2.26. The van der Waals surface area contributed by atoms with E-state index in [0.29, 0.717) is 0 Å². The Morgan fingerprint density at radius 3 is 2.12 bits per heavy atom. The maximum absolute atomic E-state index is 13.3. The van der Waals surface area contributed by atoms with Crippen molar-refractivity contribution in [3.63, 3.8) is 0 Å². The van der Waals surface area contributed by atoms with Gasteiger partial charge in [-0.05, 0) is 50.1 Å². The Bertz CT molecular complexity index is 1160. The van der Waals surface area contributed by atoms with Crippen LogP contribution in [0.1, 0.15) is 19.4 Å². The van der Waals surface area contributed by atoms with Crippen molar-refractivity contribution in [2.75, 3.05) is 33.9 Å². The number of rotatable bonds is 12. The van der Waals surface area contributed by atoms with Gasteiger partial charge in [-0.15, -0.1) is 0 Å². The summed E-state index contributed by atoms with van der Waals surface area (Å²) in [6, 6.07) is 11.8. The molecular formula is C23H33ClN2O6S2. The lowest BCUT2D eigenvalue weighted by Gasteiger charge is -2.33. The summed E-state index contributed by atoms with van der Waals surface area (Å²) in [6.07, 6.45) is -0.604. The number of methoxy groups -OCH3 is 1. The highest BCUT2D eigenvalue weighted by Gasteiger charge is 2.34. The van der Waals surface area contributed by atoms with Crippen LogP contribution in [0.2, 0.25) is 5.02 Å². The minimum absolute atomic E-state index is 0.00744. The van der Waals surface area contributed by atoms with Gasteiger partial charge < -0.3 is 9.84 Å². The van der Waals surface area contributed by atoms with Gasteiger partial charge in [-0.1, -0.05) is 42.3 Å². The molecule has 2 rings (SSSR count). The fraction of sp³-hybridized carbons (Fsp3) is 0.478. The molecule has 0 heterocycles. The molecule has 0 unspecified atom stereocenters. The smallest absolute Gasteiger partial charge is 0.243 e. The Kier molecular flexibility index (Phi) is 10.1. The third-order valence-electron chi connectivity index (χ3n) is 5.73. The van der Waals surface area contributed by atoms with Crippen molar-refractivity contribution in [3.05, 3.63) is 59.1 Å². The topological polar surface area (TPSA) is 104 Å². The highest BCUT2D eigenvalue weighted by molar-refractivity contribution is 7.89. The second kappa shape index (κ2) is 11.9. The molecule has 0 radical (unpaired) electrons.